The number of ketones is 2. The van der Waals surface area contributed by atoms with Crippen molar-refractivity contribution in [2.75, 3.05) is 0 Å². The first-order chi connectivity index (χ1) is 14.9. The first-order valence-corrected chi connectivity index (χ1v) is 12.8. The zero-order valence-corrected chi connectivity index (χ0v) is 20.3. The third-order valence-corrected chi connectivity index (χ3v) is 12.1. The number of ether oxygens (including phenoxy) is 2. The summed E-state index contributed by atoms with van der Waals surface area (Å²) in [6, 6.07) is 0. The van der Waals surface area contributed by atoms with Gasteiger partial charge in [0.2, 0.25) is 11.6 Å². The van der Waals surface area contributed by atoms with E-state index >= 15 is 0 Å². The maximum absolute atomic E-state index is 13.8. The highest BCUT2D eigenvalue weighted by atomic mass is 16.5. The van der Waals surface area contributed by atoms with Crippen LogP contribution in [0.5, 0.6) is 0 Å². The molecule has 32 heavy (non-hydrogen) atoms. The number of rotatable bonds is 0. The van der Waals surface area contributed by atoms with Crippen molar-refractivity contribution in [1.29, 1.82) is 0 Å². The van der Waals surface area contributed by atoms with Gasteiger partial charge >= 0.3 is 0 Å². The molecule has 0 N–H and O–H groups in total. The van der Waals surface area contributed by atoms with Gasteiger partial charge in [-0.15, -0.1) is 0 Å². The molecule has 0 unspecified atom stereocenters. The number of carbonyl (C=O) groups is 2. The smallest absolute Gasteiger partial charge is 0.227 e. The van der Waals surface area contributed by atoms with Crippen LogP contribution in [-0.4, -0.2) is 22.8 Å². The van der Waals surface area contributed by atoms with Crippen LogP contribution in [0.25, 0.3) is 0 Å². The third-order valence-electron chi connectivity index (χ3n) is 12.1. The highest BCUT2D eigenvalue weighted by Gasteiger charge is 2.69. The van der Waals surface area contributed by atoms with Gasteiger partial charge in [-0.25, -0.2) is 0 Å². The maximum atomic E-state index is 13.8. The SMILES string of the molecule is CC1(C)[C@H]2C[C@@H]3CC4=C(O[C@]3(C)[C@@H]1C2)C(=O)C1=C(O[C@@]2(C)[C@@H](C1)C[C@H]1C[C@@H]2C1(C)C)C4=O. The Labute approximate surface area is 191 Å². The number of Topliss-reactive ketones (excluding diaryl/α,β-unsaturated/α-hetero) is 2. The molecule has 0 saturated heterocycles. The first kappa shape index (κ1) is 19.9. The van der Waals surface area contributed by atoms with Gasteiger partial charge in [-0.1, -0.05) is 27.7 Å². The lowest BCUT2D eigenvalue weighted by Crippen LogP contribution is -2.67. The highest BCUT2D eigenvalue weighted by Crippen LogP contribution is 2.70. The van der Waals surface area contributed by atoms with Gasteiger partial charge in [0, 0.05) is 34.8 Å². The van der Waals surface area contributed by atoms with Gasteiger partial charge in [0.15, 0.2) is 11.5 Å². The quantitative estimate of drug-likeness (QED) is 0.479. The van der Waals surface area contributed by atoms with Gasteiger partial charge in [-0.2, -0.15) is 0 Å². The Balaban J connectivity index is 1.26. The molecule has 0 radical (unpaired) electrons. The van der Waals surface area contributed by atoms with Crippen LogP contribution in [0.3, 0.4) is 0 Å². The van der Waals surface area contributed by atoms with Crippen molar-refractivity contribution in [3.8, 4) is 0 Å². The number of hydrogen-bond donors (Lipinski definition) is 0. The van der Waals surface area contributed by atoms with Gasteiger partial charge in [0.05, 0.1) is 0 Å². The minimum absolute atomic E-state index is 0.0610. The van der Waals surface area contributed by atoms with Crippen molar-refractivity contribution in [3.05, 3.63) is 22.7 Å². The van der Waals surface area contributed by atoms with Crippen LogP contribution >= 0.6 is 0 Å². The zero-order valence-electron chi connectivity index (χ0n) is 20.3. The summed E-state index contributed by atoms with van der Waals surface area (Å²) in [6.07, 6.45) is 5.86. The minimum atomic E-state index is -0.342. The molecule has 0 spiro atoms. The average Bonchev–Trinajstić information content (AvgIpc) is 2.73. The molecular weight excluding hydrogens is 400 g/mol. The van der Waals surface area contributed by atoms with E-state index in [9.17, 15) is 9.59 Å². The standard InChI is InChI=1S/C28H36O4/c1-25(2)13-7-15-9-17-22(30)24-18(21(29)23(17)31-27(15,5)19(25)11-13)10-16-8-14-12-20(26(14,3)4)28(16,6)32-24/h13-16,19-20H,7-12H2,1-6H3/t13-,14-,15+,16+,19+,20+,27-,28-/m0/s1. The molecule has 7 aliphatic carbocycles. The Kier molecular flexibility index (Phi) is 3.34. The molecule has 6 saturated carbocycles. The van der Waals surface area contributed by atoms with Crippen LogP contribution in [0.4, 0.5) is 0 Å². The molecule has 8 atom stereocenters. The van der Waals surface area contributed by atoms with E-state index in [2.05, 4.69) is 41.5 Å². The predicted molar refractivity (Wildman–Crippen MR) is 119 cm³/mol. The van der Waals surface area contributed by atoms with Crippen LogP contribution in [0.15, 0.2) is 22.7 Å². The van der Waals surface area contributed by atoms with Gasteiger partial charge in [-0.3, -0.25) is 9.59 Å². The summed E-state index contributed by atoms with van der Waals surface area (Å²) in [7, 11) is 0. The fourth-order valence-corrected chi connectivity index (χ4v) is 9.66. The largest absolute Gasteiger partial charge is 0.482 e. The summed E-state index contributed by atoms with van der Waals surface area (Å²) in [5, 5.41) is 0. The lowest BCUT2D eigenvalue weighted by atomic mass is 9.40. The molecule has 0 aromatic heterocycles. The van der Waals surface area contributed by atoms with Crippen LogP contribution in [0, 0.1) is 46.3 Å². The first-order valence-electron chi connectivity index (χ1n) is 12.8. The maximum Gasteiger partial charge on any atom is 0.227 e. The van der Waals surface area contributed by atoms with E-state index in [0.29, 0.717) is 71.0 Å². The van der Waals surface area contributed by atoms with E-state index in [1.54, 1.807) is 0 Å². The molecular formula is C28H36O4. The molecule has 9 aliphatic rings. The topological polar surface area (TPSA) is 52.6 Å². The molecule has 2 heterocycles. The molecule has 0 amide bonds. The zero-order chi connectivity index (χ0) is 22.6. The molecule has 2 aliphatic heterocycles. The number of allylic oxidation sites excluding steroid dienone is 2. The second kappa shape index (κ2) is 5.39. The Bertz CT molecular complexity index is 975. The normalized spacial score (nSPS) is 51.2. The molecule has 6 fully saturated rings. The molecule has 0 aromatic rings. The van der Waals surface area contributed by atoms with Crippen molar-refractivity contribution in [2.24, 2.45) is 46.3 Å². The lowest BCUT2D eigenvalue weighted by molar-refractivity contribution is -0.244. The molecule has 0 aromatic carbocycles. The summed E-state index contributed by atoms with van der Waals surface area (Å²) in [6.45, 7) is 13.8. The third kappa shape index (κ3) is 1.96. The number of hydrogen-bond acceptors (Lipinski definition) is 4. The molecule has 172 valence electrons. The van der Waals surface area contributed by atoms with Crippen LogP contribution in [0.2, 0.25) is 0 Å². The summed E-state index contributed by atoms with van der Waals surface area (Å²) in [4.78, 5) is 27.5. The van der Waals surface area contributed by atoms with Crippen molar-refractivity contribution < 1.29 is 19.1 Å². The fourth-order valence-electron chi connectivity index (χ4n) is 9.66. The van der Waals surface area contributed by atoms with E-state index in [1.165, 1.54) is 12.8 Å². The van der Waals surface area contributed by atoms with Crippen LogP contribution in [-0.2, 0) is 19.1 Å². The second-order valence-corrected chi connectivity index (χ2v) is 13.7. The molecule has 9 rings (SSSR count). The average molecular weight is 437 g/mol. The van der Waals surface area contributed by atoms with Gasteiger partial charge in [0.25, 0.3) is 0 Å². The lowest BCUT2D eigenvalue weighted by Gasteiger charge is -2.68. The summed E-state index contributed by atoms with van der Waals surface area (Å²) >= 11 is 0. The van der Waals surface area contributed by atoms with Crippen molar-refractivity contribution in [3.63, 3.8) is 0 Å². The Morgan fingerprint density at radius 3 is 1.31 bits per heavy atom. The molecule has 4 nitrogen and oxygen atoms in total. The van der Waals surface area contributed by atoms with Gasteiger partial charge in [-0.05, 0) is 75.0 Å². The van der Waals surface area contributed by atoms with E-state index < -0.39 is 0 Å². The van der Waals surface area contributed by atoms with E-state index in [1.807, 2.05) is 0 Å². The van der Waals surface area contributed by atoms with E-state index in [4.69, 9.17) is 9.47 Å². The Morgan fingerprint density at radius 1 is 0.594 bits per heavy atom. The number of carbonyl (C=O) groups excluding carboxylic acids is 2. The Morgan fingerprint density at radius 2 is 0.969 bits per heavy atom. The van der Waals surface area contributed by atoms with Crippen molar-refractivity contribution >= 4 is 11.6 Å². The Hall–Kier alpha value is -1.58. The van der Waals surface area contributed by atoms with E-state index in [0.717, 1.165) is 12.8 Å². The van der Waals surface area contributed by atoms with Crippen molar-refractivity contribution in [1.82, 2.24) is 0 Å². The monoisotopic (exact) mass is 436 g/mol. The second-order valence-electron chi connectivity index (χ2n) is 13.7. The van der Waals surface area contributed by atoms with Crippen molar-refractivity contribution in [2.45, 2.75) is 91.3 Å². The van der Waals surface area contributed by atoms with Gasteiger partial charge < -0.3 is 9.47 Å². The fraction of sp³-hybridized carbons (Fsp3) is 0.786. The van der Waals surface area contributed by atoms with E-state index in [-0.39, 0.29) is 33.6 Å². The predicted octanol–water partition coefficient (Wildman–Crippen LogP) is 5.37. The van der Waals surface area contributed by atoms with Gasteiger partial charge in [0.1, 0.15) is 11.2 Å². The highest BCUT2D eigenvalue weighted by molar-refractivity contribution is 6.24. The summed E-state index contributed by atoms with van der Waals surface area (Å²) < 4.78 is 13.3. The summed E-state index contributed by atoms with van der Waals surface area (Å²) in [5.74, 6) is 3.51. The minimum Gasteiger partial charge on any atom is -0.482 e. The molecule has 4 heteroatoms. The summed E-state index contributed by atoms with van der Waals surface area (Å²) in [5.41, 5.74) is 1.01. The molecule has 4 bridgehead atoms. The van der Waals surface area contributed by atoms with Crippen LogP contribution in [0.1, 0.15) is 80.1 Å². The van der Waals surface area contributed by atoms with Crippen LogP contribution < -0.4 is 0 Å².